The number of non-ortho nitro benzene ring substituents is 1. The van der Waals surface area contributed by atoms with Gasteiger partial charge in [0.2, 0.25) is 5.78 Å². The molecule has 2 N–H and O–H groups in total. The molecule has 0 atom stereocenters. The number of nitrogens with one attached hydrogen (secondary N) is 2. The van der Waals surface area contributed by atoms with Gasteiger partial charge in [-0.2, -0.15) is 5.10 Å². The van der Waals surface area contributed by atoms with Crippen molar-refractivity contribution in [3.63, 3.8) is 0 Å². The lowest BCUT2D eigenvalue weighted by atomic mass is 9.82. The van der Waals surface area contributed by atoms with Gasteiger partial charge in [-0.25, -0.2) is 5.43 Å². The minimum Gasteiger partial charge on any atom is -0.379 e. The molecule has 31 heavy (non-hydrogen) atoms. The van der Waals surface area contributed by atoms with Crippen LogP contribution in [0, 0.1) is 10.1 Å². The molecular formula is C23H22N4O4. The Morgan fingerprint density at radius 3 is 2.52 bits per heavy atom. The Balaban J connectivity index is 1.46. The standard InChI is InChI=1S/C23H22N4O4/c28-21(22(29)26-24-15-16-7-9-18(10-8-16)27(30)31)13-20-19-6-2-1-5-17(19)14-23(25-20)11-3-4-12-23/h1-2,5-10,13,15,25H,3-4,11-12,14H2,(H,26,29)/b20-13-,24-15+. The largest absolute Gasteiger partial charge is 0.379 e. The molecule has 2 aromatic rings. The van der Waals surface area contributed by atoms with Crippen LogP contribution >= 0.6 is 0 Å². The van der Waals surface area contributed by atoms with E-state index in [9.17, 15) is 19.7 Å². The maximum Gasteiger partial charge on any atom is 0.311 e. The Kier molecular flexibility index (Phi) is 5.62. The van der Waals surface area contributed by atoms with Crippen LogP contribution in [0.2, 0.25) is 0 Å². The highest BCUT2D eigenvalue weighted by atomic mass is 16.6. The number of hydrogen-bond acceptors (Lipinski definition) is 6. The normalized spacial score (nSPS) is 18.0. The van der Waals surface area contributed by atoms with Gasteiger partial charge in [0.1, 0.15) is 0 Å². The lowest BCUT2D eigenvalue weighted by Gasteiger charge is -2.38. The van der Waals surface area contributed by atoms with E-state index in [0.717, 1.165) is 37.7 Å². The second kappa shape index (κ2) is 8.51. The van der Waals surface area contributed by atoms with E-state index < -0.39 is 16.6 Å². The number of hydrogen-bond donors (Lipinski definition) is 2. The van der Waals surface area contributed by atoms with E-state index in [1.54, 1.807) is 0 Å². The molecule has 8 heteroatoms. The zero-order valence-corrected chi connectivity index (χ0v) is 16.8. The zero-order chi connectivity index (χ0) is 21.8. The Bertz CT molecular complexity index is 1080. The van der Waals surface area contributed by atoms with E-state index in [-0.39, 0.29) is 11.2 Å². The molecule has 1 fully saturated rings. The summed E-state index contributed by atoms with van der Waals surface area (Å²) in [6.07, 6.45) is 7.96. The smallest absolute Gasteiger partial charge is 0.311 e. The van der Waals surface area contributed by atoms with E-state index in [0.29, 0.717) is 11.3 Å². The van der Waals surface area contributed by atoms with E-state index in [1.165, 1.54) is 42.1 Å². The van der Waals surface area contributed by atoms with Crippen molar-refractivity contribution in [1.82, 2.24) is 10.7 Å². The van der Waals surface area contributed by atoms with Gasteiger partial charge >= 0.3 is 5.91 Å². The molecule has 0 radical (unpaired) electrons. The maximum atomic E-state index is 12.5. The second-order valence-corrected chi connectivity index (χ2v) is 7.92. The number of rotatable bonds is 5. The van der Waals surface area contributed by atoms with Crippen molar-refractivity contribution in [2.75, 3.05) is 0 Å². The van der Waals surface area contributed by atoms with Gasteiger partial charge in [-0.3, -0.25) is 19.7 Å². The van der Waals surface area contributed by atoms with Gasteiger partial charge in [0, 0.05) is 35.0 Å². The monoisotopic (exact) mass is 418 g/mol. The van der Waals surface area contributed by atoms with Crippen LogP contribution in [0.25, 0.3) is 5.70 Å². The number of amides is 1. The summed E-state index contributed by atoms with van der Waals surface area (Å²) in [6, 6.07) is 13.6. The quantitative estimate of drug-likeness (QED) is 0.255. The van der Waals surface area contributed by atoms with Crippen LogP contribution in [-0.2, 0) is 16.0 Å². The minimum atomic E-state index is -0.851. The Hall–Kier alpha value is -3.81. The summed E-state index contributed by atoms with van der Waals surface area (Å²) in [5.41, 5.74) is 5.48. The van der Waals surface area contributed by atoms with Gasteiger partial charge in [-0.05, 0) is 42.5 Å². The van der Waals surface area contributed by atoms with E-state index in [1.807, 2.05) is 18.2 Å². The number of hydrazone groups is 1. The molecule has 0 aromatic heterocycles. The van der Waals surface area contributed by atoms with E-state index in [2.05, 4.69) is 21.9 Å². The third kappa shape index (κ3) is 4.53. The third-order valence-corrected chi connectivity index (χ3v) is 5.78. The van der Waals surface area contributed by atoms with Gasteiger partial charge in [0.25, 0.3) is 5.69 Å². The molecule has 0 unspecified atom stereocenters. The van der Waals surface area contributed by atoms with Gasteiger partial charge in [0.05, 0.1) is 11.1 Å². The Morgan fingerprint density at radius 1 is 1.10 bits per heavy atom. The maximum absolute atomic E-state index is 12.5. The van der Waals surface area contributed by atoms with Gasteiger partial charge < -0.3 is 5.32 Å². The van der Waals surface area contributed by atoms with Crippen molar-refractivity contribution in [1.29, 1.82) is 0 Å². The number of fused-ring (bicyclic) bond motifs is 1. The highest BCUT2D eigenvalue weighted by Crippen LogP contribution is 2.39. The summed E-state index contributed by atoms with van der Waals surface area (Å²) in [4.78, 5) is 34.9. The second-order valence-electron chi connectivity index (χ2n) is 7.92. The van der Waals surface area contributed by atoms with Crippen molar-refractivity contribution in [2.45, 2.75) is 37.6 Å². The first-order valence-electron chi connectivity index (χ1n) is 10.2. The number of carbonyl (C=O) groups is 2. The molecule has 1 heterocycles. The molecule has 0 bridgehead atoms. The number of nitro groups is 1. The Morgan fingerprint density at radius 2 is 1.81 bits per heavy atom. The SMILES string of the molecule is O=C(/C=C1\NC2(CCCC2)Cc2ccccc21)C(=O)N/N=C/c1ccc([N+](=O)[O-])cc1. The fourth-order valence-electron chi connectivity index (χ4n) is 4.27. The topological polar surface area (TPSA) is 114 Å². The van der Waals surface area contributed by atoms with Crippen LogP contribution in [0.4, 0.5) is 5.69 Å². The van der Waals surface area contributed by atoms with Crippen LogP contribution in [0.15, 0.2) is 59.7 Å². The van der Waals surface area contributed by atoms with Gasteiger partial charge in [-0.1, -0.05) is 37.1 Å². The first-order valence-corrected chi connectivity index (χ1v) is 10.2. The number of nitro benzene ring substituents is 1. The van der Waals surface area contributed by atoms with Gasteiger partial charge in [0.15, 0.2) is 0 Å². The van der Waals surface area contributed by atoms with Crippen molar-refractivity contribution in [3.05, 3.63) is 81.4 Å². The molecule has 8 nitrogen and oxygen atoms in total. The average Bonchev–Trinajstić information content (AvgIpc) is 3.21. The van der Waals surface area contributed by atoms with Crippen LogP contribution in [0.1, 0.15) is 42.4 Å². The number of nitrogens with zero attached hydrogens (tertiary/aromatic N) is 2. The molecular weight excluding hydrogens is 396 g/mol. The van der Waals surface area contributed by atoms with Crippen molar-refractivity contribution in [3.8, 4) is 0 Å². The molecule has 2 aliphatic rings. The fourth-order valence-corrected chi connectivity index (χ4v) is 4.27. The number of carbonyl (C=O) groups excluding carboxylic acids is 2. The summed E-state index contributed by atoms with van der Waals surface area (Å²) in [5, 5.41) is 18.0. The van der Waals surface area contributed by atoms with Crippen LogP contribution < -0.4 is 10.7 Å². The summed E-state index contributed by atoms with van der Waals surface area (Å²) >= 11 is 0. The first kappa shape index (κ1) is 20.5. The zero-order valence-electron chi connectivity index (χ0n) is 16.8. The van der Waals surface area contributed by atoms with E-state index in [4.69, 9.17) is 0 Å². The van der Waals surface area contributed by atoms with Crippen molar-refractivity contribution in [2.24, 2.45) is 5.10 Å². The molecule has 0 saturated heterocycles. The fraction of sp³-hybridized carbons (Fsp3) is 0.261. The number of benzene rings is 2. The summed E-state index contributed by atoms with van der Waals surface area (Å²) in [6.45, 7) is 0. The Labute approximate surface area is 179 Å². The predicted molar refractivity (Wildman–Crippen MR) is 116 cm³/mol. The average molecular weight is 418 g/mol. The van der Waals surface area contributed by atoms with Crippen molar-refractivity contribution < 1.29 is 14.5 Å². The number of ketones is 1. The first-order chi connectivity index (χ1) is 15.0. The van der Waals surface area contributed by atoms with E-state index >= 15 is 0 Å². The molecule has 1 amide bonds. The molecule has 2 aromatic carbocycles. The summed E-state index contributed by atoms with van der Waals surface area (Å²) < 4.78 is 0. The highest BCUT2D eigenvalue weighted by molar-refractivity contribution is 6.41. The highest BCUT2D eigenvalue weighted by Gasteiger charge is 2.38. The van der Waals surface area contributed by atoms with Crippen LogP contribution in [0.5, 0.6) is 0 Å². The summed E-state index contributed by atoms with van der Waals surface area (Å²) in [5.74, 6) is -1.55. The van der Waals surface area contributed by atoms with Crippen LogP contribution in [0.3, 0.4) is 0 Å². The van der Waals surface area contributed by atoms with Gasteiger partial charge in [-0.15, -0.1) is 0 Å². The molecule has 1 aliphatic heterocycles. The molecule has 1 saturated carbocycles. The molecule has 1 spiro atoms. The van der Waals surface area contributed by atoms with Crippen molar-refractivity contribution >= 4 is 29.3 Å². The minimum absolute atomic E-state index is 0.0386. The lowest BCUT2D eigenvalue weighted by Crippen LogP contribution is -2.47. The predicted octanol–water partition coefficient (Wildman–Crippen LogP) is 3.11. The van der Waals surface area contributed by atoms with Crippen LogP contribution in [-0.4, -0.2) is 28.4 Å². The summed E-state index contributed by atoms with van der Waals surface area (Å²) in [7, 11) is 0. The molecule has 158 valence electrons. The third-order valence-electron chi connectivity index (χ3n) is 5.78. The molecule has 1 aliphatic carbocycles. The molecule has 4 rings (SSSR count). The lowest BCUT2D eigenvalue weighted by molar-refractivity contribution is -0.384.